The van der Waals surface area contributed by atoms with Gasteiger partial charge in [0.15, 0.2) is 28.6 Å². The smallest absolute Gasteiger partial charge is 0.234 e. The van der Waals surface area contributed by atoms with E-state index >= 15 is 0 Å². The first-order chi connectivity index (χ1) is 14.0. The van der Waals surface area contributed by atoms with Gasteiger partial charge in [-0.15, -0.1) is 10.2 Å². The highest BCUT2D eigenvalue weighted by Crippen LogP contribution is 2.35. The highest BCUT2D eigenvalue weighted by Gasteiger charge is 2.27. The third-order valence-corrected chi connectivity index (χ3v) is 5.51. The molecule has 1 aromatic heterocycles. The Morgan fingerprint density at radius 2 is 2.10 bits per heavy atom. The number of hydrogen-bond donors (Lipinski definition) is 1. The van der Waals surface area contributed by atoms with Gasteiger partial charge in [-0.05, 0) is 30.3 Å². The third kappa shape index (κ3) is 4.30. The largest absolute Gasteiger partial charge is 0.485 e. The summed E-state index contributed by atoms with van der Waals surface area (Å²) in [5.41, 5.74) is 0.423. The van der Waals surface area contributed by atoms with E-state index in [0.717, 1.165) is 0 Å². The predicted octanol–water partition coefficient (Wildman–Crippen LogP) is 3.85. The van der Waals surface area contributed by atoms with Crippen molar-refractivity contribution in [2.75, 3.05) is 17.7 Å². The normalized spacial score (nSPS) is 15.2. The van der Waals surface area contributed by atoms with Crippen molar-refractivity contribution in [3.05, 3.63) is 59.1 Å². The molecule has 0 radical (unpaired) electrons. The molecule has 0 fully saturated rings. The summed E-state index contributed by atoms with van der Waals surface area (Å²) in [6.07, 6.45) is -0.396. The second kappa shape index (κ2) is 8.30. The Morgan fingerprint density at radius 3 is 2.90 bits per heavy atom. The molecule has 7 nitrogen and oxygen atoms in total. The number of anilines is 1. The molecule has 1 aliphatic heterocycles. The number of nitrogens with zero attached hydrogens (tertiary/aromatic N) is 3. The molecule has 10 heteroatoms. The molecule has 0 saturated carbocycles. The van der Waals surface area contributed by atoms with E-state index in [0.29, 0.717) is 34.8 Å². The Balaban J connectivity index is 1.38. The Morgan fingerprint density at radius 1 is 1.31 bits per heavy atom. The van der Waals surface area contributed by atoms with Crippen LogP contribution in [0.1, 0.15) is 11.9 Å². The van der Waals surface area contributed by atoms with E-state index < -0.39 is 11.9 Å². The number of nitrogens with one attached hydrogen (secondary N) is 1. The molecule has 4 rings (SSSR count). The van der Waals surface area contributed by atoms with Gasteiger partial charge >= 0.3 is 0 Å². The van der Waals surface area contributed by atoms with Gasteiger partial charge < -0.3 is 19.4 Å². The summed E-state index contributed by atoms with van der Waals surface area (Å²) in [5.74, 6) is 1.24. The molecule has 0 spiro atoms. The van der Waals surface area contributed by atoms with Crippen molar-refractivity contribution in [3.8, 4) is 11.5 Å². The first-order valence-corrected chi connectivity index (χ1v) is 10.0. The number of hydrogen-bond acceptors (Lipinski definition) is 6. The summed E-state index contributed by atoms with van der Waals surface area (Å²) >= 11 is 6.95. The zero-order chi connectivity index (χ0) is 20.4. The summed E-state index contributed by atoms with van der Waals surface area (Å²) in [4.78, 5) is 12.2. The molecule has 150 valence electrons. The van der Waals surface area contributed by atoms with Crippen molar-refractivity contribution >= 4 is 35.0 Å². The highest BCUT2D eigenvalue weighted by atomic mass is 35.5. The van der Waals surface area contributed by atoms with Gasteiger partial charge in [-0.3, -0.25) is 4.79 Å². The maximum absolute atomic E-state index is 13.2. The van der Waals surface area contributed by atoms with Crippen LogP contribution < -0.4 is 14.8 Å². The van der Waals surface area contributed by atoms with Crippen LogP contribution in [0.15, 0.2) is 47.6 Å². The number of para-hydroxylation sites is 2. The van der Waals surface area contributed by atoms with E-state index in [1.807, 2.05) is 24.3 Å². The monoisotopic (exact) mass is 434 g/mol. The van der Waals surface area contributed by atoms with E-state index in [9.17, 15) is 9.18 Å². The Labute approximate surface area is 175 Å². The van der Waals surface area contributed by atoms with Gasteiger partial charge in [0.25, 0.3) is 0 Å². The van der Waals surface area contributed by atoms with E-state index in [1.54, 1.807) is 11.6 Å². The minimum Gasteiger partial charge on any atom is -0.485 e. The topological polar surface area (TPSA) is 78.3 Å². The van der Waals surface area contributed by atoms with Crippen LogP contribution in [-0.4, -0.2) is 33.0 Å². The van der Waals surface area contributed by atoms with Crippen LogP contribution in [-0.2, 0) is 11.8 Å². The number of thioether (sulfide) groups is 1. The fourth-order valence-electron chi connectivity index (χ4n) is 2.78. The maximum Gasteiger partial charge on any atom is 0.234 e. The predicted molar refractivity (Wildman–Crippen MR) is 107 cm³/mol. The van der Waals surface area contributed by atoms with Crippen molar-refractivity contribution in [2.45, 2.75) is 11.3 Å². The van der Waals surface area contributed by atoms with Crippen molar-refractivity contribution in [1.82, 2.24) is 14.8 Å². The number of aromatic nitrogens is 3. The van der Waals surface area contributed by atoms with Gasteiger partial charge in [-0.25, -0.2) is 4.39 Å². The Bertz CT molecular complexity index is 1060. The van der Waals surface area contributed by atoms with Crippen LogP contribution in [0.3, 0.4) is 0 Å². The van der Waals surface area contributed by atoms with Crippen molar-refractivity contribution in [1.29, 1.82) is 0 Å². The van der Waals surface area contributed by atoms with Gasteiger partial charge in [0.05, 0.1) is 10.8 Å². The van der Waals surface area contributed by atoms with Crippen molar-refractivity contribution in [2.24, 2.45) is 7.05 Å². The van der Waals surface area contributed by atoms with E-state index in [2.05, 4.69) is 15.5 Å². The molecule has 2 heterocycles. The molecular weight excluding hydrogens is 419 g/mol. The van der Waals surface area contributed by atoms with Crippen LogP contribution in [0.5, 0.6) is 11.5 Å². The van der Waals surface area contributed by atoms with Crippen LogP contribution in [0.25, 0.3) is 0 Å². The van der Waals surface area contributed by atoms with E-state index in [1.165, 1.54) is 30.0 Å². The van der Waals surface area contributed by atoms with Crippen LogP contribution in [0.2, 0.25) is 5.02 Å². The minimum absolute atomic E-state index is 0.0512. The lowest BCUT2D eigenvalue weighted by atomic mass is 10.2. The zero-order valence-electron chi connectivity index (χ0n) is 15.3. The van der Waals surface area contributed by atoms with Gasteiger partial charge in [-0.2, -0.15) is 0 Å². The lowest BCUT2D eigenvalue weighted by molar-refractivity contribution is -0.113. The lowest BCUT2D eigenvalue weighted by Crippen LogP contribution is -2.24. The molecule has 0 aliphatic carbocycles. The molecule has 29 heavy (non-hydrogen) atoms. The SMILES string of the molecule is Cn1c(SCC(=O)Nc2ccc(F)c(Cl)c2)nnc1C1COc2ccccc2O1. The molecule has 0 saturated heterocycles. The number of carbonyl (C=O) groups is 1. The summed E-state index contributed by atoms with van der Waals surface area (Å²) < 4.78 is 26.7. The number of halogens is 2. The van der Waals surface area contributed by atoms with Crippen molar-refractivity contribution < 1.29 is 18.7 Å². The quantitative estimate of drug-likeness (QED) is 0.614. The summed E-state index contributed by atoms with van der Waals surface area (Å²) in [5, 5.41) is 11.5. The third-order valence-electron chi connectivity index (χ3n) is 4.20. The van der Waals surface area contributed by atoms with Gasteiger partial charge in [0.2, 0.25) is 5.91 Å². The number of carbonyl (C=O) groups excluding carboxylic acids is 1. The molecule has 1 amide bonds. The number of amides is 1. The van der Waals surface area contributed by atoms with Crippen LogP contribution >= 0.6 is 23.4 Å². The molecule has 2 aromatic carbocycles. The summed E-state index contributed by atoms with van der Waals surface area (Å²) in [6.45, 7) is 0.319. The average molecular weight is 435 g/mol. The second-order valence-electron chi connectivity index (χ2n) is 6.23. The molecule has 0 bridgehead atoms. The average Bonchev–Trinajstić information content (AvgIpc) is 3.09. The second-order valence-corrected chi connectivity index (χ2v) is 7.58. The molecular formula is C19H16ClFN4O3S. The minimum atomic E-state index is -0.540. The van der Waals surface area contributed by atoms with E-state index in [4.69, 9.17) is 21.1 Å². The number of benzene rings is 2. The standard InChI is InChI=1S/C19H16ClFN4O3S/c1-25-18(16-9-27-14-4-2-3-5-15(14)28-16)23-24-19(25)29-10-17(26)22-11-6-7-13(21)12(20)8-11/h2-8,16H,9-10H2,1H3,(H,22,26). The summed E-state index contributed by atoms with van der Waals surface area (Å²) in [7, 11) is 1.80. The van der Waals surface area contributed by atoms with Gasteiger partial charge in [0, 0.05) is 12.7 Å². The van der Waals surface area contributed by atoms with Crippen molar-refractivity contribution in [3.63, 3.8) is 0 Å². The first-order valence-electron chi connectivity index (χ1n) is 8.67. The molecule has 1 atom stereocenters. The maximum atomic E-state index is 13.2. The Kier molecular flexibility index (Phi) is 5.59. The number of fused-ring (bicyclic) bond motifs is 1. The molecule has 1 unspecified atom stereocenters. The first kappa shape index (κ1) is 19.5. The lowest BCUT2D eigenvalue weighted by Gasteiger charge is -2.25. The molecule has 1 aliphatic rings. The zero-order valence-corrected chi connectivity index (χ0v) is 16.8. The highest BCUT2D eigenvalue weighted by molar-refractivity contribution is 7.99. The molecule has 3 aromatic rings. The molecule has 1 N–H and O–H groups in total. The number of rotatable bonds is 5. The van der Waals surface area contributed by atoms with Gasteiger partial charge in [0.1, 0.15) is 12.4 Å². The fraction of sp³-hybridized carbons (Fsp3) is 0.211. The number of ether oxygens (including phenoxy) is 2. The summed E-state index contributed by atoms with van der Waals surface area (Å²) in [6, 6.07) is 11.4. The van der Waals surface area contributed by atoms with E-state index in [-0.39, 0.29) is 16.7 Å². The van der Waals surface area contributed by atoms with Gasteiger partial charge in [-0.1, -0.05) is 35.5 Å². The Hall–Kier alpha value is -2.78. The van der Waals surface area contributed by atoms with Crippen LogP contribution in [0, 0.1) is 5.82 Å². The fourth-order valence-corrected chi connectivity index (χ4v) is 3.68. The van der Waals surface area contributed by atoms with Crippen LogP contribution in [0.4, 0.5) is 10.1 Å².